The van der Waals surface area contributed by atoms with Gasteiger partial charge in [0, 0.05) is 10.9 Å². The number of rotatable bonds is 4. The Kier molecular flexibility index (Phi) is 4.32. The van der Waals surface area contributed by atoms with Crippen molar-refractivity contribution in [3.63, 3.8) is 0 Å². The molecule has 114 valence electrons. The molecule has 1 fully saturated rings. The Balaban J connectivity index is 1.75. The standard InChI is InChI=1S/C18H25NO2/c1-12-7-13(2)9-14(8-12)20-11-16-15-5-3-4-6-17(15)21-18(16)10-19/h3-6,12-14H,7-11,19H2,1-2H3. The lowest BCUT2D eigenvalue weighted by molar-refractivity contribution is -0.00924. The van der Waals surface area contributed by atoms with Crippen molar-refractivity contribution in [3.8, 4) is 0 Å². The molecule has 0 radical (unpaired) electrons. The van der Waals surface area contributed by atoms with Crippen molar-refractivity contribution >= 4 is 11.0 Å². The topological polar surface area (TPSA) is 48.4 Å². The molecule has 1 saturated carbocycles. The number of furan rings is 1. The third-order valence-electron chi connectivity index (χ3n) is 4.57. The van der Waals surface area contributed by atoms with E-state index in [0.717, 1.165) is 47.0 Å². The summed E-state index contributed by atoms with van der Waals surface area (Å²) >= 11 is 0. The molecule has 1 aromatic carbocycles. The summed E-state index contributed by atoms with van der Waals surface area (Å²) in [6, 6.07) is 8.10. The lowest BCUT2D eigenvalue weighted by atomic mass is 9.82. The first-order valence-electron chi connectivity index (χ1n) is 7.98. The molecular weight excluding hydrogens is 262 g/mol. The van der Waals surface area contributed by atoms with Crippen LogP contribution < -0.4 is 5.73 Å². The van der Waals surface area contributed by atoms with Crippen molar-refractivity contribution in [2.45, 2.75) is 52.4 Å². The van der Waals surface area contributed by atoms with Crippen LogP contribution in [0.15, 0.2) is 28.7 Å². The first-order valence-corrected chi connectivity index (χ1v) is 7.98. The average molecular weight is 287 g/mol. The molecule has 2 atom stereocenters. The van der Waals surface area contributed by atoms with Gasteiger partial charge in [-0.15, -0.1) is 0 Å². The third-order valence-corrected chi connectivity index (χ3v) is 4.57. The maximum absolute atomic E-state index is 6.20. The van der Waals surface area contributed by atoms with Gasteiger partial charge in [0.05, 0.1) is 19.3 Å². The number of nitrogens with two attached hydrogens (primary N) is 1. The predicted octanol–water partition coefficient (Wildman–Crippen LogP) is 4.23. The van der Waals surface area contributed by atoms with Crippen molar-refractivity contribution in [1.82, 2.24) is 0 Å². The Hall–Kier alpha value is -1.32. The molecule has 0 saturated heterocycles. The van der Waals surface area contributed by atoms with Crippen LogP contribution in [0.1, 0.15) is 44.4 Å². The number of hydrogen-bond acceptors (Lipinski definition) is 3. The monoisotopic (exact) mass is 287 g/mol. The van der Waals surface area contributed by atoms with Crippen LogP contribution in [-0.4, -0.2) is 6.10 Å². The molecule has 1 aromatic heterocycles. The summed E-state index contributed by atoms with van der Waals surface area (Å²) in [5, 5.41) is 1.13. The van der Waals surface area contributed by atoms with E-state index < -0.39 is 0 Å². The van der Waals surface area contributed by atoms with Gasteiger partial charge in [0.2, 0.25) is 0 Å². The highest BCUT2D eigenvalue weighted by Crippen LogP contribution is 2.32. The average Bonchev–Trinajstić information content (AvgIpc) is 2.82. The van der Waals surface area contributed by atoms with Crippen LogP contribution in [0.25, 0.3) is 11.0 Å². The van der Waals surface area contributed by atoms with Crippen molar-refractivity contribution in [2.75, 3.05) is 0 Å². The van der Waals surface area contributed by atoms with Crippen molar-refractivity contribution in [1.29, 1.82) is 0 Å². The molecule has 0 bridgehead atoms. The minimum atomic E-state index is 0.364. The smallest absolute Gasteiger partial charge is 0.134 e. The van der Waals surface area contributed by atoms with Gasteiger partial charge in [-0.3, -0.25) is 0 Å². The minimum absolute atomic E-state index is 0.364. The molecule has 0 spiro atoms. The van der Waals surface area contributed by atoms with E-state index >= 15 is 0 Å². The fourth-order valence-corrected chi connectivity index (χ4v) is 3.68. The molecule has 1 aliphatic rings. The SMILES string of the molecule is CC1CC(C)CC(OCc2c(CN)oc3ccccc23)C1. The van der Waals surface area contributed by atoms with Crippen LogP contribution >= 0.6 is 0 Å². The summed E-state index contributed by atoms with van der Waals surface area (Å²) < 4.78 is 12.0. The zero-order chi connectivity index (χ0) is 14.8. The lowest BCUT2D eigenvalue weighted by Gasteiger charge is -2.31. The van der Waals surface area contributed by atoms with Crippen molar-refractivity contribution in [3.05, 3.63) is 35.6 Å². The van der Waals surface area contributed by atoms with Crippen LogP contribution in [0.4, 0.5) is 0 Å². The molecule has 0 amide bonds. The van der Waals surface area contributed by atoms with E-state index in [0.29, 0.717) is 19.3 Å². The lowest BCUT2D eigenvalue weighted by Crippen LogP contribution is -2.26. The largest absolute Gasteiger partial charge is 0.459 e. The third kappa shape index (κ3) is 3.14. The van der Waals surface area contributed by atoms with Gasteiger partial charge < -0.3 is 14.9 Å². The summed E-state index contributed by atoms with van der Waals surface area (Å²) in [5.74, 6) is 2.37. The van der Waals surface area contributed by atoms with E-state index in [9.17, 15) is 0 Å². The van der Waals surface area contributed by atoms with E-state index in [4.69, 9.17) is 14.9 Å². The van der Waals surface area contributed by atoms with E-state index in [2.05, 4.69) is 19.9 Å². The van der Waals surface area contributed by atoms with Crippen LogP contribution in [0.3, 0.4) is 0 Å². The summed E-state index contributed by atoms with van der Waals surface area (Å²) in [6.07, 6.45) is 4.02. The first-order chi connectivity index (χ1) is 10.2. The highest BCUT2D eigenvalue weighted by molar-refractivity contribution is 5.82. The highest BCUT2D eigenvalue weighted by atomic mass is 16.5. The van der Waals surface area contributed by atoms with Crippen LogP contribution in [-0.2, 0) is 17.9 Å². The fraction of sp³-hybridized carbons (Fsp3) is 0.556. The van der Waals surface area contributed by atoms with Gasteiger partial charge in [0.15, 0.2) is 0 Å². The summed E-state index contributed by atoms with van der Waals surface area (Å²) in [7, 11) is 0. The second-order valence-electron chi connectivity index (χ2n) is 6.55. The minimum Gasteiger partial charge on any atom is -0.459 e. The number of ether oxygens (including phenoxy) is 1. The summed E-state index contributed by atoms with van der Waals surface area (Å²) in [4.78, 5) is 0. The first kappa shape index (κ1) is 14.6. The number of benzene rings is 1. The Labute approximate surface area is 126 Å². The Morgan fingerprint density at radius 2 is 1.86 bits per heavy atom. The molecular formula is C18H25NO2. The van der Waals surface area contributed by atoms with Gasteiger partial charge in [-0.25, -0.2) is 0 Å². The molecule has 1 aliphatic carbocycles. The van der Waals surface area contributed by atoms with E-state index in [1.165, 1.54) is 6.42 Å². The Morgan fingerprint density at radius 1 is 1.14 bits per heavy atom. The highest BCUT2D eigenvalue weighted by Gasteiger charge is 2.25. The second kappa shape index (κ2) is 6.20. The molecule has 21 heavy (non-hydrogen) atoms. The Morgan fingerprint density at radius 3 is 2.57 bits per heavy atom. The molecule has 2 unspecified atom stereocenters. The zero-order valence-corrected chi connectivity index (χ0v) is 13.0. The van der Waals surface area contributed by atoms with Crippen molar-refractivity contribution in [2.24, 2.45) is 17.6 Å². The van der Waals surface area contributed by atoms with E-state index in [1.807, 2.05) is 18.2 Å². The molecule has 3 rings (SSSR count). The van der Waals surface area contributed by atoms with Gasteiger partial charge >= 0.3 is 0 Å². The second-order valence-corrected chi connectivity index (χ2v) is 6.55. The summed E-state index contributed by atoms with van der Waals surface area (Å²) in [5.41, 5.74) is 7.85. The quantitative estimate of drug-likeness (QED) is 0.915. The zero-order valence-electron chi connectivity index (χ0n) is 13.0. The molecule has 2 aromatic rings. The molecule has 3 heteroatoms. The molecule has 2 N–H and O–H groups in total. The maximum Gasteiger partial charge on any atom is 0.134 e. The Bertz CT molecular complexity index is 594. The summed E-state index contributed by atoms with van der Waals surface area (Å²) in [6.45, 7) is 5.67. The predicted molar refractivity (Wildman–Crippen MR) is 84.9 cm³/mol. The van der Waals surface area contributed by atoms with Gasteiger partial charge in [0.1, 0.15) is 11.3 Å². The molecule has 1 heterocycles. The van der Waals surface area contributed by atoms with Crippen molar-refractivity contribution < 1.29 is 9.15 Å². The fourth-order valence-electron chi connectivity index (χ4n) is 3.68. The van der Waals surface area contributed by atoms with Crippen LogP contribution in [0, 0.1) is 11.8 Å². The maximum atomic E-state index is 6.20. The van der Waals surface area contributed by atoms with E-state index in [1.54, 1.807) is 0 Å². The van der Waals surface area contributed by atoms with Gasteiger partial charge in [-0.1, -0.05) is 32.0 Å². The molecule has 3 nitrogen and oxygen atoms in total. The number of para-hydroxylation sites is 1. The van der Waals surface area contributed by atoms with E-state index in [-0.39, 0.29) is 0 Å². The number of fused-ring (bicyclic) bond motifs is 1. The van der Waals surface area contributed by atoms with Gasteiger partial charge in [0.25, 0.3) is 0 Å². The molecule has 0 aliphatic heterocycles. The van der Waals surface area contributed by atoms with Gasteiger partial charge in [-0.05, 0) is 37.2 Å². The van der Waals surface area contributed by atoms with Crippen LogP contribution in [0.5, 0.6) is 0 Å². The van der Waals surface area contributed by atoms with Gasteiger partial charge in [-0.2, -0.15) is 0 Å². The normalized spacial score (nSPS) is 26.3. The van der Waals surface area contributed by atoms with Crippen LogP contribution in [0.2, 0.25) is 0 Å². The number of hydrogen-bond donors (Lipinski definition) is 1.